The molecule has 3 aromatic rings. The number of nitrogens with zero attached hydrogens (tertiary/aromatic N) is 5. The van der Waals surface area contributed by atoms with E-state index in [9.17, 15) is 23.3 Å². The Balaban J connectivity index is 1.41. The van der Waals surface area contributed by atoms with E-state index in [4.69, 9.17) is 4.74 Å². The molecule has 12 heteroatoms. The largest absolute Gasteiger partial charge is 0.497 e. The summed E-state index contributed by atoms with van der Waals surface area (Å²) < 4.78 is 33.8. The average molecular weight is 488 g/mol. The Morgan fingerprint density at radius 3 is 2.38 bits per heavy atom. The van der Waals surface area contributed by atoms with Crippen molar-refractivity contribution in [1.29, 1.82) is 0 Å². The highest BCUT2D eigenvalue weighted by atomic mass is 32.2. The number of piperazine rings is 1. The monoisotopic (exact) mass is 487 g/mol. The molecule has 1 saturated heterocycles. The quantitative estimate of drug-likeness (QED) is 0.361. The summed E-state index contributed by atoms with van der Waals surface area (Å²) in [7, 11) is -0.451. The number of ether oxygens (including phenoxy) is 1. The van der Waals surface area contributed by atoms with Gasteiger partial charge in [0.15, 0.2) is 0 Å². The van der Waals surface area contributed by atoms with Crippen molar-refractivity contribution in [3.05, 3.63) is 68.8 Å². The molecule has 34 heavy (non-hydrogen) atoms. The lowest BCUT2D eigenvalue weighted by Crippen LogP contribution is -2.49. The molecule has 0 atom stereocenters. The van der Waals surface area contributed by atoms with Crippen LogP contribution in [0.2, 0.25) is 0 Å². The van der Waals surface area contributed by atoms with E-state index < -0.39 is 14.9 Å². The summed E-state index contributed by atoms with van der Waals surface area (Å²) in [5.41, 5.74) is -0.0696. The van der Waals surface area contributed by atoms with Crippen LogP contribution in [0.3, 0.4) is 0 Å². The van der Waals surface area contributed by atoms with Crippen molar-refractivity contribution < 1.29 is 18.1 Å². The number of nitro benzene ring substituents is 1. The first-order chi connectivity index (χ1) is 16.2. The van der Waals surface area contributed by atoms with Gasteiger partial charge in [-0.05, 0) is 30.3 Å². The van der Waals surface area contributed by atoms with Crippen LogP contribution in [0.1, 0.15) is 5.82 Å². The van der Waals surface area contributed by atoms with Crippen LogP contribution in [0.25, 0.3) is 10.9 Å². The SMILES string of the molecule is COc1ccc(S(=O)(=O)N2CCN(CCc3nc4ccc([N+](=O)[O-])cc4c(=O)n3C)CC2)cc1. The minimum atomic E-state index is -3.58. The number of aromatic nitrogens is 2. The van der Waals surface area contributed by atoms with E-state index in [1.807, 2.05) is 0 Å². The van der Waals surface area contributed by atoms with E-state index in [-0.39, 0.29) is 21.5 Å². The van der Waals surface area contributed by atoms with Crippen LogP contribution in [0.5, 0.6) is 5.75 Å². The van der Waals surface area contributed by atoms with Gasteiger partial charge in [-0.3, -0.25) is 19.5 Å². The molecule has 0 bridgehead atoms. The van der Waals surface area contributed by atoms with Crippen LogP contribution >= 0.6 is 0 Å². The third-order valence-electron chi connectivity index (χ3n) is 6.04. The summed E-state index contributed by atoms with van der Waals surface area (Å²) in [4.78, 5) is 30.1. The zero-order chi connectivity index (χ0) is 24.5. The average Bonchev–Trinajstić information content (AvgIpc) is 2.85. The van der Waals surface area contributed by atoms with Crippen LogP contribution in [-0.2, 0) is 23.5 Å². The van der Waals surface area contributed by atoms with Crippen molar-refractivity contribution in [1.82, 2.24) is 18.8 Å². The van der Waals surface area contributed by atoms with E-state index in [1.54, 1.807) is 31.3 Å². The molecule has 2 aromatic carbocycles. The molecule has 1 fully saturated rings. The van der Waals surface area contributed by atoms with E-state index in [2.05, 4.69) is 9.88 Å². The second kappa shape index (κ2) is 9.49. The topological polar surface area (TPSA) is 128 Å². The van der Waals surface area contributed by atoms with Gasteiger partial charge in [-0.25, -0.2) is 13.4 Å². The van der Waals surface area contributed by atoms with E-state index in [1.165, 1.54) is 34.2 Å². The lowest BCUT2D eigenvalue weighted by atomic mass is 10.2. The number of methoxy groups -OCH3 is 1. The fourth-order valence-electron chi connectivity index (χ4n) is 3.99. The molecule has 4 rings (SSSR count). The molecule has 0 unspecified atom stereocenters. The van der Waals surface area contributed by atoms with Gasteiger partial charge in [0.25, 0.3) is 11.2 Å². The van der Waals surface area contributed by atoms with Crippen LogP contribution in [0, 0.1) is 10.1 Å². The van der Waals surface area contributed by atoms with Gasteiger partial charge >= 0.3 is 0 Å². The fourth-order valence-corrected chi connectivity index (χ4v) is 5.41. The van der Waals surface area contributed by atoms with Gasteiger partial charge in [0.1, 0.15) is 11.6 Å². The molecule has 0 spiro atoms. The van der Waals surface area contributed by atoms with Crippen molar-refractivity contribution in [3.8, 4) is 5.75 Å². The number of hydrogen-bond acceptors (Lipinski definition) is 8. The molecule has 0 aliphatic carbocycles. The van der Waals surface area contributed by atoms with Crippen LogP contribution in [0.4, 0.5) is 5.69 Å². The van der Waals surface area contributed by atoms with E-state index >= 15 is 0 Å². The standard InChI is InChI=1S/C22H25N5O6S/c1-24-21(23-20-8-3-16(27(29)30)15-19(20)22(24)28)9-10-25-11-13-26(14-12-25)34(31,32)18-6-4-17(33-2)5-7-18/h3-8,15H,9-14H2,1-2H3. The first-order valence-electron chi connectivity index (χ1n) is 10.7. The summed E-state index contributed by atoms with van der Waals surface area (Å²) in [6.07, 6.45) is 0.490. The third-order valence-corrected chi connectivity index (χ3v) is 7.96. The third kappa shape index (κ3) is 4.65. The van der Waals surface area contributed by atoms with Gasteiger partial charge in [0.05, 0.1) is 27.8 Å². The molecule has 0 saturated carbocycles. The van der Waals surface area contributed by atoms with Crippen molar-refractivity contribution >= 4 is 26.6 Å². The highest BCUT2D eigenvalue weighted by Gasteiger charge is 2.28. The maximum atomic E-state index is 12.9. The zero-order valence-electron chi connectivity index (χ0n) is 18.9. The molecule has 0 amide bonds. The second-order valence-corrected chi connectivity index (χ2v) is 9.96. The number of fused-ring (bicyclic) bond motifs is 1. The highest BCUT2D eigenvalue weighted by Crippen LogP contribution is 2.21. The number of rotatable bonds is 7. The first kappa shape index (κ1) is 23.8. The van der Waals surface area contributed by atoms with Crippen molar-refractivity contribution in [2.45, 2.75) is 11.3 Å². The number of sulfonamides is 1. The number of benzene rings is 2. The molecular formula is C22H25N5O6S. The molecule has 1 aliphatic heterocycles. The Bertz CT molecular complexity index is 1380. The Labute approximate surface area is 196 Å². The lowest BCUT2D eigenvalue weighted by molar-refractivity contribution is -0.384. The molecule has 1 aliphatic rings. The summed E-state index contributed by atoms with van der Waals surface area (Å²) in [5.74, 6) is 1.17. The summed E-state index contributed by atoms with van der Waals surface area (Å²) in [5, 5.41) is 11.2. The molecule has 0 radical (unpaired) electrons. The van der Waals surface area contributed by atoms with Gasteiger partial charge in [-0.15, -0.1) is 0 Å². The van der Waals surface area contributed by atoms with Gasteiger partial charge in [-0.1, -0.05) is 0 Å². The molecule has 2 heterocycles. The minimum absolute atomic E-state index is 0.151. The summed E-state index contributed by atoms with van der Waals surface area (Å²) >= 11 is 0. The maximum absolute atomic E-state index is 12.9. The Morgan fingerprint density at radius 1 is 1.09 bits per heavy atom. The predicted molar refractivity (Wildman–Crippen MR) is 126 cm³/mol. The smallest absolute Gasteiger partial charge is 0.270 e. The second-order valence-electron chi connectivity index (χ2n) is 8.02. The summed E-state index contributed by atoms with van der Waals surface area (Å²) in [6.45, 7) is 2.45. The van der Waals surface area contributed by atoms with Crippen molar-refractivity contribution in [2.24, 2.45) is 7.05 Å². The normalized spacial score (nSPS) is 15.5. The molecule has 0 N–H and O–H groups in total. The number of nitro groups is 1. The van der Waals surface area contributed by atoms with Gasteiger partial charge in [0, 0.05) is 58.3 Å². The van der Waals surface area contributed by atoms with Gasteiger partial charge in [0.2, 0.25) is 10.0 Å². The zero-order valence-corrected chi connectivity index (χ0v) is 19.7. The Morgan fingerprint density at radius 2 is 1.76 bits per heavy atom. The van der Waals surface area contributed by atoms with Crippen LogP contribution in [0.15, 0.2) is 52.2 Å². The number of non-ortho nitro benzene ring substituents is 1. The Hall–Kier alpha value is -3.35. The van der Waals surface area contributed by atoms with Crippen LogP contribution in [-0.4, -0.2) is 71.9 Å². The van der Waals surface area contributed by atoms with Crippen LogP contribution < -0.4 is 10.3 Å². The molecule has 11 nitrogen and oxygen atoms in total. The predicted octanol–water partition coefficient (Wildman–Crippen LogP) is 1.40. The van der Waals surface area contributed by atoms with Crippen molar-refractivity contribution in [2.75, 3.05) is 39.8 Å². The van der Waals surface area contributed by atoms with Gasteiger partial charge < -0.3 is 9.64 Å². The van der Waals surface area contributed by atoms with E-state index in [0.717, 1.165) is 0 Å². The first-order valence-corrected chi connectivity index (χ1v) is 12.2. The van der Waals surface area contributed by atoms with Crippen molar-refractivity contribution in [3.63, 3.8) is 0 Å². The maximum Gasteiger partial charge on any atom is 0.270 e. The summed E-state index contributed by atoms with van der Waals surface area (Å²) in [6, 6.07) is 10.4. The highest BCUT2D eigenvalue weighted by molar-refractivity contribution is 7.89. The Kier molecular flexibility index (Phi) is 6.64. The molecule has 1 aromatic heterocycles. The minimum Gasteiger partial charge on any atom is -0.497 e. The van der Waals surface area contributed by atoms with Gasteiger partial charge in [-0.2, -0.15) is 4.31 Å². The molecular weight excluding hydrogens is 462 g/mol. The number of hydrogen-bond donors (Lipinski definition) is 0. The lowest BCUT2D eigenvalue weighted by Gasteiger charge is -2.34. The van der Waals surface area contributed by atoms with E-state index in [0.29, 0.717) is 56.2 Å². The fraction of sp³-hybridized carbons (Fsp3) is 0.364. The molecule has 180 valence electrons.